The summed E-state index contributed by atoms with van der Waals surface area (Å²) >= 11 is 0. The van der Waals surface area contributed by atoms with Gasteiger partial charge in [0, 0.05) is 24.1 Å². The first-order valence-corrected chi connectivity index (χ1v) is 9.07. The van der Waals surface area contributed by atoms with Gasteiger partial charge in [-0.15, -0.1) is 0 Å². The van der Waals surface area contributed by atoms with Gasteiger partial charge >= 0.3 is 0 Å². The second-order valence-electron chi connectivity index (χ2n) is 6.15. The van der Waals surface area contributed by atoms with Crippen molar-refractivity contribution in [2.75, 3.05) is 0 Å². The Bertz CT molecular complexity index is 799. The third-order valence-electron chi connectivity index (χ3n) is 4.06. The van der Waals surface area contributed by atoms with Crippen LogP contribution in [0.3, 0.4) is 0 Å². The van der Waals surface area contributed by atoms with Crippen LogP contribution in [-0.2, 0) is 6.42 Å². The fraction of sp³-hybridized carbons (Fsp3) is 0.391. The zero-order valence-corrected chi connectivity index (χ0v) is 15.5. The highest BCUT2D eigenvalue weighted by Crippen LogP contribution is 2.09. The predicted molar refractivity (Wildman–Crippen MR) is 104 cm³/mol. The van der Waals surface area contributed by atoms with E-state index in [1.807, 2.05) is 19.9 Å². The molecule has 0 radical (unpaired) electrons. The van der Waals surface area contributed by atoms with E-state index >= 15 is 0 Å². The lowest BCUT2D eigenvalue weighted by atomic mass is 10.1. The van der Waals surface area contributed by atoms with Crippen molar-refractivity contribution >= 4 is 0 Å². The maximum atomic E-state index is 4.53. The van der Waals surface area contributed by atoms with Gasteiger partial charge in [-0.3, -0.25) is 0 Å². The second-order valence-corrected chi connectivity index (χ2v) is 6.15. The molecule has 0 saturated carbocycles. The van der Waals surface area contributed by atoms with Gasteiger partial charge in [0.05, 0.1) is 0 Å². The molecule has 1 heterocycles. The van der Waals surface area contributed by atoms with Crippen LogP contribution < -0.4 is 0 Å². The summed E-state index contributed by atoms with van der Waals surface area (Å²) < 4.78 is 0. The molecule has 0 saturated heterocycles. The van der Waals surface area contributed by atoms with Crippen LogP contribution >= 0.6 is 0 Å². The van der Waals surface area contributed by atoms with Gasteiger partial charge in [-0.05, 0) is 50.5 Å². The van der Waals surface area contributed by atoms with E-state index in [2.05, 4.69) is 64.8 Å². The standard InChI is InChI=1S/C23H26N2/c1-4-5-6-12-17-22-19(2)20(3)24-23(25-22)18-13-8-11-16-21-14-9-7-10-15-21/h7,9-10,14-15H,4-6,8,11,16H2,1-3H3. The van der Waals surface area contributed by atoms with Crippen LogP contribution in [0.2, 0.25) is 0 Å². The van der Waals surface area contributed by atoms with E-state index in [1.165, 1.54) is 5.56 Å². The number of nitrogens with zero attached hydrogens (tertiary/aromatic N) is 2. The Kier molecular flexibility index (Phi) is 7.74. The smallest absolute Gasteiger partial charge is 0.206 e. The molecule has 25 heavy (non-hydrogen) atoms. The van der Waals surface area contributed by atoms with Crippen molar-refractivity contribution in [2.24, 2.45) is 0 Å². The molecule has 0 aliphatic rings. The quantitative estimate of drug-likeness (QED) is 0.569. The average Bonchev–Trinajstić information content (AvgIpc) is 2.63. The highest BCUT2D eigenvalue weighted by Gasteiger charge is 2.04. The third-order valence-corrected chi connectivity index (χ3v) is 4.06. The van der Waals surface area contributed by atoms with Crippen LogP contribution in [0.4, 0.5) is 0 Å². The van der Waals surface area contributed by atoms with Crippen LogP contribution in [-0.4, -0.2) is 9.97 Å². The summed E-state index contributed by atoms with van der Waals surface area (Å²) in [6, 6.07) is 10.5. The molecule has 0 amide bonds. The topological polar surface area (TPSA) is 25.8 Å². The summed E-state index contributed by atoms with van der Waals surface area (Å²) in [4.78, 5) is 9.01. The Balaban J connectivity index is 1.97. The minimum Gasteiger partial charge on any atom is -0.226 e. The molecule has 2 heteroatoms. The van der Waals surface area contributed by atoms with Crippen molar-refractivity contribution in [3.05, 3.63) is 58.7 Å². The van der Waals surface area contributed by atoms with Gasteiger partial charge in [-0.25, -0.2) is 9.97 Å². The third kappa shape index (κ3) is 6.44. The summed E-state index contributed by atoms with van der Waals surface area (Å²) in [5.74, 6) is 13.3. The summed E-state index contributed by atoms with van der Waals surface area (Å²) in [5.41, 5.74) is 4.19. The summed E-state index contributed by atoms with van der Waals surface area (Å²) in [6.45, 7) is 6.19. The van der Waals surface area contributed by atoms with Gasteiger partial charge in [-0.2, -0.15) is 0 Å². The molecule has 0 bridgehead atoms. The number of rotatable bonds is 5. The van der Waals surface area contributed by atoms with Crippen LogP contribution in [0.25, 0.3) is 0 Å². The molecule has 0 unspecified atom stereocenters. The number of benzene rings is 1. The molecule has 0 N–H and O–H groups in total. The average molecular weight is 330 g/mol. The van der Waals surface area contributed by atoms with E-state index in [1.54, 1.807) is 0 Å². The first-order chi connectivity index (χ1) is 12.2. The molecular formula is C23H26N2. The first kappa shape index (κ1) is 18.8. The monoisotopic (exact) mass is 330 g/mol. The zero-order valence-electron chi connectivity index (χ0n) is 15.5. The Labute approximate surface area is 152 Å². The fourth-order valence-electron chi connectivity index (χ4n) is 2.38. The van der Waals surface area contributed by atoms with Gasteiger partial charge in [-0.1, -0.05) is 55.5 Å². The van der Waals surface area contributed by atoms with E-state index in [0.29, 0.717) is 5.82 Å². The molecule has 2 nitrogen and oxygen atoms in total. The minimum absolute atomic E-state index is 0.586. The molecule has 2 aromatic rings. The van der Waals surface area contributed by atoms with Gasteiger partial charge in [0.15, 0.2) is 0 Å². The van der Waals surface area contributed by atoms with Crippen LogP contribution in [0.1, 0.15) is 67.4 Å². The molecule has 0 spiro atoms. The van der Waals surface area contributed by atoms with E-state index in [-0.39, 0.29) is 0 Å². The highest BCUT2D eigenvalue weighted by atomic mass is 14.9. The molecule has 0 aliphatic carbocycles. The zero-order chi connectivity index (χ0) is 17.9. The lowest BCUT2D eigenvalue weighted by Gasteiger charge is -2.02. The van der Waals surface area contributed by atoms with Crippen molar-refractivity contribution in [1.82, 2.24) is 9.97 Å². The largest absolute Gasteiger partial charge is 0.226 e. The summed E-state index contributed by atoms with van der Waals surface area (Å²) in [7, 11) is 0. The lowest BCUT2D eigenvalue weighted by molar-refractivity contribution is 0.828. The van der Waals surface area contributed by atoms with Crippen molar-refractivity contribution < 1.29 is 0 Å². The van der Waals surface area contributed by atoms with Crippen molar-refractivity contribution in [1.29, 1.82) is 0 Å². The minimum atomic E-state index is 0.586. The van der Waals surface area contributed by atoms with Gasteiger partial charge in [0.1, 0.15) is 5.69 Å². The predicted octanol–water partition coefficient (Wildman–Crippen LogP) is 5.01. The maximum Gasteiger partial charge on any atom is 0.206 e. The molecule has 0 aliphatic heterocycles. The Morgan fingerprint density at radius 2 is 1.60 bits per heavy atom. The number of unbranched alkanes of at least 4 members (excludes halogenated alkanes) is 3. The Morgan fingerprint density at radius 3 is 2.36 bits per heavy atom. The number of aromatic nitrogens is 2. The van der Waals surface area contributed by atoms with E-state index < -0.39 is 0 Å². The number of aryl methyl sites for hydroxylation is 2. The lowest BCUT2D eigenvalue weighted by Crippen LogP contribution is -2.00. The van der Waals surface area contributed by atoms with E-state index in [0.717, 1.165) is 55.5 Å². The molecule has 1 aromatic carbocycles. The number of hydrogen-bond donors (Lipinski definition) is 0. The summed E-state index contributed by atoms with van der Waals surface area (Å²) in [6.07, 6.45) is 6.16. The number of hydrogen-bond acceptors (Lipinski definition) is 2. The molecular weight excluding hydrogens is 304 g/mol. The highest BCUT2D eigenvalue weighted by molar-refractivity contribution is 5.39. The molecule has 1 aromatic heterocycles. The first-order valence-electron chi connectivity index (χ1n) is 9.07. The van der Waals surface area contributed by atoms with E-state index in [4.69, 9.17) is 0 Å². The van der Waals surface area contributed by atoms with Gasteiger partial charge in [0.2, 0.25) is 5.82 Å². The SMILES string of the molecule is CCCCC#Cc1nc(C#CCCCc2ccccc2)nc(C)c1C. The normalized spacial score (nSPS) is 9.72. The second kappa shape index (κ2) is 10.3. The maximum absolute atomic E-state index is 4.53. The molecule has 0 atom stereocenters. The Morgan fingerprint density at radius 1 is 0.880 bits per heavy atom. The summed E-state index contributed by atoms with van der Waals surface area (Å²) in [5, 5.41) is 0. The van der Waals surface area contributed by atoms with Crippen molar-refractivity contribution in [3.63, 3.8) is 0 Å². The fourth-order valence-corrected chi connectivity index (χ4v) is 2.38. The van der Waals surface area contributed by atoms with Crippen LogP contribution in [0, 0.1) is 37.5 Å². The van der Waals surface area contributed by atoms with Crippen LogP contribution in [0.15, 0.2) is 30.3 Å². The van der Waals surface area contributed by atoms with Gasteiger partial charge < -0.3 is 0 Å². The molecule has 128 valence electrons. The van der Waals surface area contributed by atoms with Crippen LogP contribution in [0.5, 0.6) is 0 Å². The molecule has 0 fully saturated rings. The molecule has 2 rings (SSSR count). The van der Waals surface area contributed by atoms with E-state index in [9.17, 15) is 0 Å². The van der Waals surface area contributed by atoms with Crippen molar-refractivity contribution in [2.45, 2.75) is 59.3 Å². The van der Waals surface area contributed by atoms with Gasteiger partial charge in [0.25, 0.3) is 0 Å². The van der Waals surface area contributed by atoms with Crippen molar-refractivity contribution in [3.8, 4) is 23.7 Å². The Hall–Kier alpha value is -2.58.